The van der Waals surface area contributed by atoms with Gasteiger partial charge in [-0.1, -0.05) is 64.3 Å². The average molecular weight is 387 g/mol. The second kappa shape index (κ2) is 9.39. The summed E-state index contributed by atoms with van der Waals surface area (Å²) in [7, 11) is 0.795. The molecule has 2 atom stereocenters. The van der Waals surface area contributed by atoms with Crippen molar-refractivity contribution in [3.63, 3.8) is 0 Å². The van der Waals surface area contributed by atoms with Gasteiger partial charge in [-0.3, -0.25) is 0 Å². The van der Waals surface area contributed by atoms with Gasteiger partial charge in [0.25, 0.3) is 0 Å². The predicted molar refractivity (Wildman–Crippen MR) is 118 cm³/mol. The van der Waals surface area contributed by atoms with Crippen molar-refractivity contribution in [2.45, 2.75) is 89.4 Å². The van der Waals surface area contributed by atoms with Crippen LogP contribution in [0.4, 0.5) is 0 Å². The molecule has 0 aliphatic heterocycles. The van der Waals surface area contributed by atoms with Crippen LogP contribution in [0.5, 0.6) is 5.75 Å². The first-order chi connectivity index (χ1) is 13.0. The SMILES string of the molecule is CC(C)Oc1ccccc1C1=CC=CCC1(OC(C)C)PC1CCCCC1. The maximum absolute atomic E-state index is 6.75. The Morgan fingerprint density at radius 2 is 1.74 bits per heavy atom. The van der Waals surface area contributed by atoms with Crippen LogP contribution in [0.2, 0.25) is 0 Å². The van der Waals surface area contributed by atoms with E-state index in [0.29, 0.717) is 0 Å². The van der Waals surface area contributed by atoms with Crippen molar-refractivity contribution in [1.82, 2.24) is 0 Å². The van der Waals surface area contributed by atoms with Gasteiger partial charge in [0.2, 0.25) is 0 Å². The highest BCUT2D eigenvalue weighted by Crippen LogP contribution is 2.55. The number of allylic oxidation sites excluding steroid dienone is 2. The van der Waals surface area contributed by atoms with Gasteiger partial charge in [0.15, 0.2) is 0 Å². The van der Waals surface area contributed by atoms with E-state index < -0.39 is 0 Å². The zero-order chi connectivity index (χ0) is 19.3. The fourth-order valence-electron chi connectivity index (χ4n) is 4.26. The van der Waals surface area contributed by atoms with Gasteiger partial charge in [-0.15, -0.1) is 0 Å². The lowest BCUT2D eigenvalue weighted by Gasteiger charge is -2.42. The molecule has 27 heavy (non-hydrogen) atoms. The van der Waals surface area contributed by atoms with Gasteiger partial charge in [0.05, 0.1) is 12.2 Å². The molecule has 1 saturated carbocycles. The van der Waals surface area contributed by atoms with Crippen molar-refractivity contribution in [2.24, 2.45) is 0 Å². The Hall–Kier alpha value is -1.11. The Kier molecular flexibility index (Phi) is 7.17. The Labute approximate surface area is 167 Å². The second-order valence-corrected chi connectivity index (χ2v) is 10.3. The van der Waals surface area contributed by atoms with Crippen LogP contribution in [-0.2, 0) is 4.74 Å². The summed E-state index contributed by atoms with van der Waals surface area (Å²) in [6.45, 7) is 8.51. The van der Waals surface area contributed by atoms with Crippen LogP contribution in [0.15, 0.2) is 42.5 Å². The van der Waals surface area contributed by atoms with Crippen molar-refractivity contribution in [2.75, 3.05) is 0 Å². The summed E-state index contributed by atoms with van der Waals surface area (Å²) in [6.07, 6.45) is 14.9. The van der Waals surface area contributed by atoms with E-state index in [1.54, 1.807) is 0 Å². The minimum Gasteiger partial charge on any atom is -0.490 e. The molecule has 0 N–H and O–H groups in total. The zero-order valence-corrected chi connectivity index (χ0v) is 18.3. The van der Waals surface area contributed by atoms with Gasteiger partial charge in [-0.05, 0) is 57.8 Å². The van der Waals surface area contributed by atoms with Crippen molar-refractivity contribution < 1.29 is 9.47 Å². The van der Waals surface area contributed by atoms with Crippen molar-refractivity contribution >= 4 is 14.2 Å². The largest absolute Gasteiger partial charge is 0.490 e. The third-order valence-corrected chi connectivity index (χ3v) is 7.30. The molecular formula is C24H35O2P. The summed E-state index contributed by atoms with van der Waals surface area (Å²) in [5.74, 6) is 0.972. The van der Waals surface area contributed by atoms with Crippen molar-refractivity contribution in [3.05, 3.63) is 48.1 Å². The van der Waals surface area contributed by atoms with Crippen molar-refractivity contribution in [3.8, 4) is 5.75 Å². The third kappa shape index (κ3) is 5.24. The maximum atomic E-state index is 6.75. The second-order valence-electron chi connectivity index (χ2n) is 8.35. The first-order valence-electron chi connectivity index (χ1n) is 10.6. The third-order valence-electron chi connectivity index (χ3n) is 5.26. The van der Waals surface area contributed by atoms with Crippen LogP contribution in [0.3, 0.4) is 0 Å². The highest BCUT2D eigenvalue weighted by atomic mass is 31.1. The van der Waals surface area contributed by atoms with Crippen LogP contribution in [0, 0.1) is 0 Å². The Morgan fingerprint density at radius 1 is 1.00 bits per heavy atom. The lowest BCUT2D eigenvalue weighted by molar-refractivity contribution is 0.0170. The molecule has 0 spiro atoms. The average Bonchev–Trinajstić information content (AvgIpc) is 2.62. The van der Waals surface area contributed by atoms with E-state index >= 15 is 0 Å². The monoisotopic (exact) mass is 386 g/mol. The molecule has 0 aromatic heterocycles. The number of hydrogen-bond acceptors (Lipinski definition) is 2. The van der Waals surface area contributed by atoms with Crippen LogP contribution >= 0.6 is 8.58 Å². The summed E-state index contributed by atoms with van der Waals surface area (Å²) >= 11 is 0. The molecular weight excluding hydrogens is 351 g/mol. The number of rotatable bonds is 7. The van der Waals surface area contributed by atoms with Gasteiger partial charge < -0.3 is 9.47 Å². The normalized spacial score (nSPS) is 24.1. The van der Waals surface area contributed by atoms with Crippen LogP contribution in [0.1, 0.15) is 71.8 Å². The molecule has 2 nitrogen and oxygen atoms in total. The van der Waals surface area contributed by atoms with Crippen LogP contribution in [-0.4, -0.2) is 23.2 Å². The summed E-state index contributed by atoms with van der Waals surface area (Å²) < 4.78 is 12.9. The molecule has 148 valence electrons. The van der Waals surface area contributed by atoms with E-state index in [4.69, 9.17) is 9.47 Å². The van der Waals surface area contributed by atoms with E-state index in [1.165, 1.54) is 43.2 Å². The molecule has 0 radical (unpaired) electrons. The van der Waals surface area contributed by atoms with E-state index in [-0.39, 0.29) is 17.6 Å². The van der Waals surface area contributed by atoms with E-state index in [2.05, 4.69) is 70.2 Å². The summed E-state index contributed by atoms with van der Waals surface area (Å²) in [5.41, 5.74) is 3.28. The Morgan fingerprint density at radius 3 is 2.44 bits per heavy atom. The predicted octanol–water partition coefficient (Wildman–Crippen LogP) is 6.95. The molecule has 0 saturated heterocycles. The molecule has 0 bridgehead atoms. The molecule has 0 amide bonds. The number of ether oxygens (including phenoxy) is 2. The highest BCUT2D eigenvalue weighted by molar-refractivity contribution is 7.41. The number of benzene rings is 1. The standard InChI is InChI=1S/C24H35O2P/c1-18(2)25-23-16-9-8-14-21(23)22-15-10-11-17-24(22,26-19(3)4)27-20-12-6-5-7-13-20/h8-11,14-16,18-20,27H,5-7,12-13,17H2,1-4H3. The fourth-order valence-corrected chi connectivity index (χ4v) is 6.53. The molecule has 1 aromatic rings. The molecule has 3 heteroatoms. The minimum atomic E-state index is -0.221. The van der Waals surface area contributed by atoms with Gasteiger partial charge >= 0.3 is 0 Å². The molecule has 2 unspecified atom stereocenters. The van der Waals surface area contributed by atoms with E-state index in [0.717, 1.165) is 26.4 Å². The van der Waals surface area contributed by atoms with E-state index in [1.807, 2.05) is 0 Å². The number of para-hydroxylation sites is 1. The molecule has 2 aliphatic carbocycles. The minimum absolute atomic E-state index is 0.159. The summed E-state index contributed by atoms with van der Waals surface area (Å²) in [6, 6.07) is 8.48. The van der Waals surface area contributed by atoms with Crippen LogP contribution < -0.4 is 4.74 Å². The lowest BCUT2D eigenvalue weighted by atomic mass is 9.92. The topological polar surface area (TPSA) is 18.5 Å². The maximum Gasteiger partial charge on any atom is 0.127 e. The Balaban J connectivity index is 1.99. The molecule has 3 rings (SSSR count). The quantitative estimate of drug-likeness (QED) is 0.472. The van der Waals surface area contributed by atoms with Gasteiger partial charge in [-0.2, -0.15) is 0 Å². The van der Waals surface area contributed by atoms with Gasteiger partial charge in [0, 0.05) is 12.0 Å². The number of hydrogen-bond donors (Lipinski definition) is 0. The smallest absolute Gasteiger partial charge is 0.127 e. The van der Waals surface area contributed by atoms with Gasteiger partial charge in [0.1, 0.15) is 11.1 Å². The first-order valence-corrected chi connectivity index (χ1v) is 11.7. The Bertz CT molecular complexity index is 671. The lowest BCUT2D eigenvalue weighted by Crippen LogP contribution is -2.35. The highest BCUT2D eigenvalue weighted by Gasteiger charge is 2.40. The van der Waals surface area contributed by atoms with Gasteiger partial charge in [-0.25, -0.2) is 0 Å². The molecule has 1 aromatic carbocycles. The van der Waals surface area contributed by atoms with E-state index in [9.17, 15) is 0 Å². The first kappa shape index (κ1) is 20.6. The summed E-state index contributed by atoms with van der Waals surface area (Å²) in [4.78, 5) is 0. The summed E-state index contributed by atoms with van der Waals surface area (Å²) in [5, 5.41) is -0.221. The van der Waals surface area contributed by atoms with Crippen LogP contribution in [0.25, 0.3) is 5.57 Å². The molecule has 2 aliphatic rings. The molecule has 0 heterocycles. The molecule has 1 fully saturated rings. The van der Waals surface area contributed by atoms with Crippen molar-refractivity contribution in [1.29, 1.82) is 0 Å². The fraction of sp³-hybridized carbons (Fsp3) is 0.583. The zero-order valence-electron chi connectivity index (χ0n) is 17.3.